The lowest BCUT2D eigenvalue weighted by molar-refractivity contribution is 1.23. The molecule has 14 rings (SSSR count). The summed E-state index contributed by atoms with van der Waals surface area (Å²) in [6.07, 6.45) is 0. The summed E-state index contributed by atoms with van der Waals surface area (Å²) in [5.41, 5.74) is 18.4. The van der Waals surface area contributed by atoms with Crippen LogP contribution in [0.3, 0.4) is 0 Å². The van der Waals surface area contributed by atoms with Gasteiger partial charge in [-0.2, -0.15) is 0 Å². The molecule has 4 heteroatoms. The molecule has 0 fully saturated rings. The monoisotopic (exact) mass is 940 g/mol. The van der Waals surface area contributed by atoms with E-state index in [1.165, 1.54) is 16.3 Å². The van der Waals surface area contributed by atoms with Gasteiger partial charge >= 0.3 is 0 Å². The predicted octanol–water partition coefficient (Wildman–Crippen LogP) is 18.4. The molecule has 0 atom stereocenters. The van der Waals surface area contributed by atoms with E-state index in [-0.39, 0.29) is 0 Å². The maximum Gasteiger partial charge on any atom is 0.160 e. The number of pyridine rings is 2. The average Bonchev–Trinajstić information content (AvgIpc) is 3.49. The lowest BCUT2D eigenvalue weighted by Crippen LogP contribution is -1.98. The number of hydrogen-bond acceptors (Lipinski definition) is 4. The van der Waals surface area contributed by atoms with Crippen LogP contribution < -0.4 is 0 Å². The van der Waals surface area contributed by atoms with Crippen LogP contribution in [0.15, 0.2) is 267 Å². The van der Waals surface area contributed by atoms with E-state index in [0.29, 0.717) is 5.82 Å². The van der Waals surface area contributed by atoms with Crippen LogP contribution in [-0.2, 0) is 0 Å². The first kappa shape index (κ1) is 42.9. The highest BCUT2D eigenvalue weighted by molar-refractivity contribution is 6.12. The number of hydrogen-bond donors (Lipinski definition) is 0. The molecule has 344 valence electrons. The highest BCUT2D eigenvalue weighted by atomic mass is 14.9. The van der Waals surface area contributed by atoms with E-state index in [2.05, 4.69) is 267 Å². The summed E-state index contributed by atoms with van der Waals surface area (Å²) in [7, 11) is 0. The summed E-state index contributed by atoms with van der Waals surface area (Å²) in [6.45, 7) is 0. The molecule has 0 saturated carbocycles. The second kappa shape index (κ2) is 18.1. The summed E-state index contributed by atoms with van der Waals surface area (Å²) in [6, 6.07) is 94.7. The number of fused-ring (bicyclic) bond motifs is 7. The fourth-order valence-electron chi connectivity index (χ4n) is 10.8. The molecule has 0 saturated heterocycles. The predicted molar refractivity (Wildman–Crippen MR) is 309 cm³/mol. The van der Waals surface area contributed by atoms with E-state index in [4.69, 9.17) is 19.9 Å². The molecule has 0 amide bonds. The van der Waals surface area contributed by atoms with Crippen LogP contribution in [0.5, 0.6) is 0 Å². The molecule has 0 aliphatic carbocycles. The largest absolute Gasteiger partial charge is 0.247 e. The Morgan fingerprint density at radius 2 is 0.568 bits per heavy atom. The van der Waals surface area contributed by atoms with Crippen molar-refractivity contribution in [3.63, 3.8) is 0 Å². The van der Waals surface area contributed by atoms with Gasteiger partial charge in [-0.1, -0.05) is 231 Å². The molecule has 0 N–H and O–H groups in total. The zero-order valence-electron chi connectivity index (χ0n) is 40.2. The molecular formula is C70H44N4. The standard InChI is InChI=1S/C70H44N4/c1-3-17-45(18-4-1)51-21-15-23-53(41-51)55-43-62(54-24-16-22-52(42-54)46-19-5-2-6-20-46)69-63(44-55)68(49-35-33-47(34-36-49)66-60-29-9-7-25-56(60)58-27-11-13-31-64(58)71-66)73-70(74-69)50-39-37-48(38-40-50)67-61-30-10-8-26-57(61)59-28-12-14-32-65(59)72-67/h1-44H. The fraction of sp³-hybridized carbons (Fsp3) is 0. The van der Waals surface area contributed by atoms with Crippen LogP contribution in [0, 0.1) is 0 Å². The third-order valence-electron chi connectivity index (χ3n) is 14.4. The minimum absolute atomic E-state index is 0.640. The summed E-state index contributed by atoms with van der Waals surface area (Å²) in [4.78, 5) is 21.7. The molecule has 4 nitrogen and oxygen atoms in total. The number of aromatic nitrogens is 4. The van der Waals surface area contributed by atoms with Crippen molar-refractivity contribution in [1.29, 1.82) is 0 Å². The first-order chi connectivity index (χ1) is 36.7. The van der Waals surface area contributed by atoms with Gasteiger partial charge in [-0.3, -0.25) is 0 Å². The molecule has 11 aromatic carbocycles. The van der Waals surface area contributed by atoms with Crippen LogP contribution in [0.1, 0.15) is 0 Å². The van der Waals surface area contributed by atoms with E-state index in [0.717, 1.165) is 122 Å². The zero-order valence-corrected chi connectivity index (χ0v) is 40.2. The van der Waals surface area contributed by atoms with E-state index in [9.17, 15) is 0 Å². The first-order valence-corrected chi connectivity index (χ1v) is 25.1. The van der Waals surface area contributed by atoms with Gasteiger partial charge < -0.3 is 0 Å². The van der Waals surface area contributed by atoms with E-state index in [1.807, 2.05) is 0 Å². The Morgan fingerprint density at radius 1 is 0.189 bits per heavy atom. The molecule has 3 aromatic heterocycles. The molecule has 14 aromatic rings. The third kappa shape index (κ3) is 7.65. The van der Waals surface area contributed by atoms with Gasteiger partial charge in [-0.05, 0) is 86.1 Å². The Labute approximate surface area is 428 Å². The van der Waals surface area contributed by atoms with Crippen LogP contribution in [-0.4, -0.2) is 19.9 Å². The molecule has 0 aliphatic rings. The number of benzene rings is 11. The second-order valence-corrected chi connectivity index (χ2v) is 18.9. The van der Waals surface area contributed by atoms with Gasteiger partial charge in [0.1, 0.15) is 0 Å². The highest BCUT2D eigenvalue weighted by Crippen LogP contribution is 2.42. The lowest BCUT2D eigenvalue weighted by atomic mass is 9.91. The fourth-order valence-corrected chi connectivity index (χ4v) is 10.8. The van der Waals surface area contributed by atoms with Gasteiger partial charge in [0.25, 0.3) is 0 Å². The summed E-state index contributed by atoms with van der Waals surface area (Å²) >= 11 is 0. The number of para-hydroxylation sites is 2. The van der Waals surface area contributed by atoms with Crippen molar-refractivity contribution < 1.29 is 0 Å². The summed E-state index contributed by atoms with van der Waals surface area (Å²) < 4.78 is 0. The van der Waals surface area contributed by atoms with Gasteiger partial charge in [-0.25, -0.2) is 19.9 Å². The van der Waals surface area contributed by atoms with Gasteiger partial charge in [0.05, 0.1) is 33.6 Å². The molecular weight excluding hydrogens is 897 g/mol. The Kier molecular flexibility index (Phi) is 10.5. The normalized spacial score (nSPS) is 11.5. The van der Waals surface area contributed by atoms with Crippen LogP contribution >= 0.6 is 0 Å². The van der Waals surface area contributed by atoms with Crippen molar-refractivity contribution in [2.45, 2.75) is 0 Å². The van der Waals surface area contributed by atoms with Gasteiger partial charge in [0.2, 0.25) is 0 Å². The maximum absolute atomic E-state index is 5.60. The Morgan fingerprint density at radius 3 is 1.08 bits per heavy atom. The van der Waals surface area contributed by atoms with Crippen molar-refractivity contribution in [3.05, 3.63) is 267 Å². The first-order valence-electron chi connectivity index (χ1n) is 25.1. The molecule has 0 bridgehead atoms. The minimum atomic E-state index is 0.640. The number of rotatable bonds is 8. The Bertz CT molecular complexity index is 4450. The average molecular weight is 941 g/mol. The highest BCUT2D eigenvalue weighted by Gasteiger charge is 2.20. The van der Waals surface area contributed by atoms with Gasteiger partial charge in [0, 0.05) is 54.7 Å². The minimum Gasteiger partial charge on any atom is -0.247 e. The molecule has 74 heavy (non-hydrogen) atoms. The SMILES string of the molecule is c1ccc(-c2cccc(-c3cc(-c4cccc(-c5ccccc5)c4)c4nc(-c5ccc(-c6nc7ccccc7c7ccccc67)cc5)nc(-c5ccc(-c6nc7ccccc7c7ccccc67)cc5)c4c3)c2)cc1. The smallest absolute Gasteiger partial charge is 0.160 e. The Balaban J connectivity index is 0.988. The van der Waals surface area contributed by atoms with Crippen LogP contribution in [0.25, 0.3) is 144 Å². The van der Waals surface area contributed by atoms with Gasteiger partial charge in [-0.15, -0.1) is 0 Å². The van der Waals surface area contributed by atoms with Crippen molar-refractivity contribution in [3.8, 4) is 89.7 Å². The zero-order chi connectivity index (χ0) is 49.0. The van der Waals surface area contributed by atoms with Gasteiger partial charge in [0.15, 0.2) is 5.82 Å². The molecule has 0 aliphatic heterocycles. The quantitative estimate of drug-likeness (QED) is 0.142. The molecule has 3 heterocycles. The van der Waals surface area contributed by atoms with Crippen molar-refractivity contribution in [2.24, 2.45) is 0 Å². The van der Waals surface area contributed by atoms with Crippen LogP contribution in [0.4, 0.5) is 0 Å². The second-order valence-electron chi connectivity index (χ2n) is 18.9. The third-order valence-corrected chi connectivity index (χ3v) is 14.4. The summed E-state index contributed by atoms with van der Waals surface area (Å²) in [5, 5.41) is 7.86. The number of nitrogens with zero attached hydrogens (tertiary/aromatic N) is 4. The molecule has 0 spiro atoms. The Hall–Kier alpha value is -9.90. The van der Waals surface area contributed by atoms with E-state index >= 15 is 0 Å². The summed E-state index contributed by atoms with van der Waals surface area (Å²) in [5.74, 6) is 0.640. The van der Waals surface area contributed by atoms with Crippen molar-refractivity contribution in [2.75, 3.05) is 0 Å². The molecule has 0 radical (unpaired) electrons. The van der Waals surface area contributed by atoms with E-state index < -0.39 is 0 Å². The molecule has 0 unspecified atom stereocenters. The topological polar surface area (TPSA) is 51.6 Å². The van der Waals surface area contributed by atoms with Crippen LogP contribution in [0.2, 0.25) is 0 Å². The van der Waals surface area contributed by atoms with Crippen molar-refractivity contribution >= 4 is 54.3 Å². The maximum atomic E-state index is 5.60. The lowest BCUT2D eigenvalue weighted by Gasteiger charge is -2.17. The van der Waals surface area contributed by atoms with Crippen molar-refractivity contribution in [1.82, 2.24) is 19.9 Å². The van der Waals surface area contributed by atoms with E-state index in [1.54, 1.807) is 0 Å².